The molecule has 1 unspecified atom stereocenters. The maximum atomic E-state index is 5.30. The Hall–Kier alpha value is -0.120. The van der Waals surface area contributed by atoms with E-state index in [1.54, 1.807) is 0 Å². The van der Waals surface area contributed by atoms with E-state index in [4.69, 9.17) is 9.57 Å². The predicted molar refractivity (Wildman–Crippen MR) is 45.1 cm³/mol. The lowest BCUT2D eigenvalue weighted by molar-refractivity contribution is -0.179. The SMILES string of the molecule is CCCC(OCC)ONCC. The van der Waals surface area contributed by atoms with Crippen LogP contribution in [0.5, 0.6) is 0 Å². The van der Waals surface area contributed by atoms with Gasteiger partial charge in [0.15, 0.2) is 6.29 Å². The normalized spacial score (nSPS) is 13.4. The first-order chi connectivity index (χ1) is 5.35. The van der Waals surface area contributed by atoms with Crippen LogP contribution in [0.3, 0.4) is 0 Å². The molecule has 1 atom stereocenters. The van der Waals surface area contributed by atoms with E-state index in [0.717, 1.165) is 19.4 Å². The Kier molecular flexibility index (Phi) is 7.89. The average Bonchev–Trinajstić information content (AvgIpc) is 2.01. The molecule has 3 heteroatoms. The summed E-state index contributed by atoms with van der Waals surface area (Å²) in [7, 11) is 0. The zero-order valence-corrected chi connectivity index (χ0v) is 7.72. The zero-order chi connectivity index (χ0) is 8.53. The maximum absolute atomic E-state index is 5.30. The molecule has 0 aliphatic heterocycles. The van der Waals surface area contributed by atoms with Crippen LogP contribution in [0.1, 0.15) is 33.6 Å². The minimum absolute atomic E-state index is 0.0788. The minimum atomic E-state index is -0.0788. The molecular formula is C8H19NO2. The van der Waals surface area contributed by atoms with E-state index in [-0.39, 0.29) is 6.29 Å². The molecule has 0 spiro atoms. The molecule has 11 heavy (non-hydrogen) atoms. The van der Waals surface area contributed by atoms with Crippen molar-refractivity contribution < 1.29 is 9.57 Å². The van der Waals surface area contributed by atoms with Gasteiger partial charge in [0.25, 0.3) is 0 Å². The van der Waals surface area contributed by atoms with Crippen LogP contribution in [0, 0.1) is 0 Å². The van der Waals surface area contributed by atoms with E-state index in [0.29, 0.717) is 6.61 Å². The lowest BCUT2D eigenvalue weighted by Gasteiger charge is -2.15. The first-order valence-corrected chi connectivity index (χ1v) is 4.35. The molecule has 0 fully saturated rings. The molecule has 0 aliphatic carbocycles. The van der Waals surface area contributed by atoms with Crippen molar-refractivity contribution >= 4 is 0 Å². The number of hydrogen-bond acceptors (Lipinski definition) is 3. The van der Waals surface area contributed by atoms with Crippen molar-refractivity contribution in [3.8, 4) is 0 Å². The van der Waals surface area contributed by atoms with Crippen LogP contribution in [-0.4, -0.2) is 19.4 Å². The Balaban J connectivity index is 3.34. The summed E-state index contributed by atoms with van der Waals surface area (Å²) in [6.45, 7) is 7.59. The molecule has 0 aromatic rings. The van der Waals surface area contributed by atoms with Gasteiger partial charge in [-0.15, -0.1) is 0 Å². The molecule has 0 rings (SSSR count). The standard InChI is InChI=1S/C8H19NO2/c1-4-7-8(10-6-3)11-9-5-2/h8-9H,4-7H2,1-3H3. The summed E-state index contributed by atoms with van der Waals surface area (Å²) in [5.41, 5.74) is 2.79. The highest BCUT2D eigenvalue weighted by Gasteiger charge is 2.05. The summed E-state index contributed by atoms with van der Waals surface area (Å²) in [5, 5.41) is 0. The number of rotatable bonds is 7. The lowest BCUT2D eigenvalue weighted by Crippen LogP contribution is -2.26. The summed E-state index contributed by atoms with van der Waals surface area (Å²) in [4.78, 5) is 5.20. The molecular weight excluding hydrogens is 142 g/mol. The fourth-order valence-corrected chi connectivity index (χ4v) is 0.774. The molecule has 0 bridgehead atoms. The molecule has 0 aliphatic rings. The summed E-state index contributed by atoms with van der Waals surface area (Å²) >= 11 is 0. The molecule has 0 radical (unpaired) electrons. The molecule has 0 aromatic carbocycles. The van der Waals surface area contributed by atoms with Crippen LogP contribution in [0.25, 0.3) is 0 Å². The zero-order valence-electron chi connectivity index (χ0n) is 7.72. The Morgan fingerprint density at radius 2 is 2.00 bits per heavy atom. The van der Waals surface area contributed by atoms with Gasteiger partial charge < -0.3 is 4.74 Å². The summed E-state index contributed by atoms with van der Waals surface area (Å²) in [5.74, 6) is 0. The minimum Gasteiger partial charge on any atom is -0.351 e. The van der Waals surface area contributed by atoms with Crippen molar-refractivity contribution in [3.63, 3.8) is 0 Å². The van der Waals surface area contributed by atoms with Crippen LogP contribution < -0.4 is 5.48 Å². The van der Waals surface area contributed by atoms with Gasteiger partial charge in [-0.1, -0.05) is 20.3 Å². The highest BCUT2D eigenvalue weighted by Crippen LogP contribution is 2.01. The fraction of sp³-hybridized carbons (Fsp3) is 1.00. The van der Waals surface area contributed by atoms with Gasteiger partial charge in [-0.05, 0) is 13.3 Å². The second kappa shape index (κ2) is 7.98. The van der Waals surface area contributed by atoms with Crippen LogP contribution >= 0.6 is 0 Å². The third-order valence-electron chi connectivity index (χ3n) is 1.24. The topological polar surface area (TPSA) is 30.5 Å². The van der Waals surface area contributed by atoms with E-state index in [1.165, 1.54) is 0 Å². The van der Waals surface area contributed by atoms with Gasteiger partial charge in [-0.3, -0.25) is 4.84 Å². The molecule has 0 amide bonds. The van der Waals surface area contributed by atoms with Crippen LogP contribution in [0.15, 0.2) is 0 Å². The van der Waals surface area contributed by atoms with Gasteiger partial charge in [0.1, 0.15) is 0 Å². The molecule has 3 nitrogen and oxygen atoms in total. The largest absolute Gasteiger partial charge is 0.351 e. The van der Waals surface area contributed by atoms with E-state index in [1.807, 2.05) is 13.8 Å². The van der Waals surface area contributed by atoms with E-state index < -0.39 is 0 Å². The molecule has 0 aromatic heterocycles. The first-order valence-electron chi connectivity index (χ1n) is 4.35. The molecule has 0 saturated heterocycles. The summed E-state index contributed by atoms with van der Waals surface area (Å²) < 4.78 is 5.30. The highest BCUT2D eigenvalue weighted by atomic mass is 16.8. The van der Waals surface area contributed by atoms with Crippen molar-refractivity contribution in [1.82, 2.24) is 5.48 Å². The maximum Gasteiger partial charge on any atom is 0.177 e. The Morgan fingerprint density at radius 1 is 1.27 bits per heavy atom. The highest BCUT2D eigenvalue weighted by molar-refractivity contribution is 4.40. The third kappa shape index (κ3) is 6.28. The molecule has 1 N–H and O–H groups in total. The first kappa shape index (κ1) is 10.9. The van der Waals surface area contributed by atoms with E-state index in [2.05, 4.69) is 12.4 Å². The Labute approximate surface area is 69.0 Å². The van der Waals surface area contributed by atoms with E-state index in [9.17, 15) is 0 Å². The second-order valence-electron chi connectivity index (χ2n) is 2.29. The summed E-state index contributed by atoms with van der Waals surface area (Å²) in [6.07, 6.45) is 1.95. The van der Waals surface area contributed by atoms with Crippen LogP contribution in [0.2, 0.25) is 0 Å². The second-order valence-corrected chi connectivity index (χ2v) is 2.29. The van der Waals surface area contributed by atoms with Crippen molar-refractivity contribution in [2.24, 2.45) is 0 Å². The summed E-state index contributed by atoms with van der Waals surface area (Å²) in [6, 6.07) is 0. The monoisotopic (exact) mass is 161 g/mol. The van der Waals surface area contributed by atoms with Gasteiger partial charge in [-0.25, -0.2) is 0 Å². The number of hydrogen-bond donors (Lipinski definition) is 1. The van der Waals surface area contributed by atoms with Gasteiger partial charge >= 0.3 is 0 Å². The predicted octanol–water partition coefficient (Wildman–Crippen LogP) is 1.69. The van der Waals surface area contributed by atoms with Crippen LogP contribution in [0.4, 0.5) is 0 Å². The lowest BCUT2D eigenvalue weighted by atomic mass is 10.3. The fourth-order valence-electron chi connectivity index (χ4n) is 0.774. The van der Waals surface area contributed by atoms with Crippen molar-refractivity contribution in [1.29, 1.82) is 0 Å². The Morgan fingerprint density at radius 3 is 2.45 bits per heavy atom. The van der Waals surface area contributed by atoms with Crippen molar-refractivity contribution in [3.05, 3.63) is 0 Å². The van der Waals surface area contributed by atoms with Gasteiger partial charge in [0.05, 0.1) is 0 Å². The van der Waals surface area contributed by atoms with E-state index >= 15 is 0 Å². The quantitative estimate of drug-likeness (QED) is 0.455. The smallest absolute Gasteiger partial charge is 0.177 e. The average molecular weight is 161 g/mol. The molecule has 0 heterocycles. The van der Waals surface area contributed by atoms with Gasteiger partial charge in [0, 0.05) is 13.2 Å². The van der Waals surface area contributed by atoms with Gasteiger partial charge in [0.2, 0.25) is 0 Å². The van der Waals surface area contributed by atoms with Crippen LogP contribution in [-0.2, 0) is 9.57 Å². The number of nitrogens with one attached hydrogen (secondary N) is 1. The Bertz CT molecular complexity index is 72.5. The third-order valence-corrected chi connectivity index (χ3v) is 1.24. The molecule has 0 saturated carbocycles. The molecule has 68 valence electrons. The van der Waals surface area contributed by atoms with Gasteiger partial charge in [-0.2, -0.15) is 5.48 Å². The van der Waals surface area contributed by atoms with Crippen molar-refractivity contribution in [2.45, 2.75) is 39.9 Å². The number of ether oxygens (including phenoxy) is 1. The van der Waals surface area contributed by atoms with Crippen molar-refractivity contribution in [2.75, 3.05) is 13.2 Å². The number of hydroxylamine groups is 1.